The van der Waals surface area contributed by atoms with E-state index in [4.69, 9.17) is 46.9 Å². The number of ketones is 1. The molecule has 10 atom stereocenters. The summed E-state index contributed by atoms with van der Waals surface area (Å²) in [6.45, 7) is 12.5. The molecule has 3 aliphatic rings. The van der Waals surface area contributed by atoms with Crippen LogP contribution in [-0.4, -0.2) is 79.8 Å². The van der Waals surface area contributed by atoms with Crippen molar-refractivity contribution in [2.45, 2.75) is 117 Å². The molecular formula is C42H56Cl2I2N2O8S. The van der Waals surface area contributed by atoms with E-state index in [1.165, 1.54) is 11.8 Å². The molecule has 316 valence electrons. The maximum absolute atomic E-state index is 14.5. The molecule has 1 aliphatic carbocycles. The third-order valence-electron chi connectivity index (χ3n) is 12.1. The van der Waals surface area contributed by atoms with E-state index in [2.05, 4.69) is 62.0 Å². The minimum absolute atomic E-state index is 0.0223. The van der Waals surface area contributed by atoms with E-state index in [1.807, 2.05) is 45.9 Å². The Hall–Kier alpha value is -1.27. The molecule has 0 N–H and O–H groups in total. The molecule has 3 fully saturated rings. The van der Waals surface area contributed by atoms with Crippen LogP contribution in [-0.2, 0) is 35.1 Å². The molecule has 0 spiro atoms. The van der Waals surface area contributed by atoms with E-state index >= 15 is 0 Å². The van der Waals surface area contributed by atoms with Gasteiger partial charge in [-0.05, 0) is 93.0 Å². The van der Waals surface area contributed by atoms with Crippen LogP contribution in [0.4, 0.5) is 5.69 Å². The molecule has 2 aromatic rings. The zero-order valence-corrected chi connectivity index (χ0v) is 40.7. The van der Waals surface area contributed by atoms with E-state index in [9.17, 15) is 14.4 Å². The lowest BCUT2D eigenvalue weighted by Gasteiger charge is -2.40. The van der Waals surface area contributed by atoms with E-state index in [0.717, 1.165) is 36.9 Å². The van der Waals surface area contributed by atoms with Crippen molar-refractivity contribution in [1.82, 2.24) is 4.98 Å². The van der Waals surface area contributed by atoms with E-state index in [1.54, 1.807) is 33.5 Å². The van der Waals surface area contributed by atoms with Gasteiger partial charge in [-0.25, -0.2) is 0 Å². The SMILES string of the molecule is COc1ccc(N(CCS[C@@H]2C(=O)O[C@@]3(C)[C@H]2[C@@H](C)C(=O)[C@H](C)C[C@@](C)(OC)C[C@@H](C)[C@@H](I)[C@@H](C)C(=O)O[C@@H]3I)Cc2c(Cl)cncc2Cl)cc1OC1CCCC1. The quantitative estimate of drug-likeness (QED) is 0.122. The molecule has 1 aromatic heterocycles. The highest BCUT2D eigenvalue weighted by atomic mass is 127. The van der Waals surface area contributed by atoms with E-state index in [-0.39, 0.29) is 33.6 Å². The van der Waals surface area contributed by atoms with Gasteiger partial charge in [-0.1, -0.05) is 73.5 Å². The van der Waals surface area contributed by atoms with Crippen LogP contribution in [0.25, 0.3) is 0 Å². The lowest BCUT2D eigenvalue weighted by atomic mass is 9.73. The van der Waals surface area contributed by atoms with Gasteiger partial charge >= 0.3 is 11.9 Å². The van der Waals surface area contributed by atoms with Gasteiger partial charge in [-0.15, -0.1) is 11.8 Å². The van der Waals surface area contributed by atoms with Crippen LogP contribution in [0.1, 0.15) is 85.6 Å². The molecule has 15 heteroatoms. The Kier molecular flexibility index (Phi) is 16.5. The maximum Gasteiger partial charge on any atom is 0.320 e. The molecule has 1 aromatic carbocycles. The smallest absolute Gasteiger partial charge is 0.320 e. The minimum Gasteiger partial charge on any atom is -0.493 e. The van der Waals surface area contributed by atoms with Crippen molar-refractivity contribution >= 4 is 104 Å². The predicted octanol–water partition coefficient (Wildman–Crippen LogP) is 10.2. The lowest BCUT2D eigenvalue weighted by Crippen LogP contribution is -2.51. The number of hydrogen-bond acceptors (Lipinski definition) is 11. The van der Waals surface area contributed by atoms with Gasteiger partial charge in [-0.3, -0.25) is 19.4 Å². The third kappa shape index (κ3) is 10.8. The second-order valence-corrected chi connectivity index (χ2v) is 21.0. The normalized spacial score (nSPS) is 32.9. The van der Waals surface area contributed by atoms with E-state index in [0.29, 0.717) is 53.2 Å². The number of nitrogens with zero attached hydrogens (tertiary/aromatic N) is 2. The Balaban J connectivity index is 1.46. The summed E-state index contributed by atoms with van der Waals surface area (Å²) in [6.07, 6.45) is 8.70. The summed E-state index contributed by atoms with van der Waals surface area (Å²) < 4.78 is 29.7. The molecule has 0 amide bonds. The number of anilines is 1. The van der Waals surface area contributed by atoms with Crippen LogP contribution >= 0.6 is 80.1 Å². The fourth-order valence-electron chi connectivity index (χ4n) is 8.79. The van der Waals surface area contributed by atoms with Crippen LogP contribution in [0, 0.1) is 29.6 Å². The summed E-state index contributed by atoms with van der Waals surface area (Å²) in [7, 11) is 3.31. The number of hydrogen-bond donors (Lipinski definition) is 0. The largest absolute Gasteiger partial charge is 0.493 e. The fraction of sp³-hybridized carbons (Fsp3) is 0.667. The first kappa shape index (κ1) is 46.8. The van der Waals surface area contributed by atoms with Crippen LogP contribution in [0.3, 0.4) is 0 Å². The molecule has 1 saturated carbocycles. The summed E-state index contributed by atoms with van der Waals surface area (Å²) in [4.78, 5) is 48.5. The molecule has 5 rings (SSSR count). The van der Waals surface area contributed by atoms with Crippen molar-refractivity contribution in [1.29, 1.82) is 0 Å². The molecule has 0 radical (unpaired) electrons. The van der Waals surface area contributed by atoms with Crippen LogP contribution in [0.5, 0.6) is 11.5 Å². The maximum atomic E-state index is 14.5. The van der Waals surface area contributed by atoms with Gasteiger partial charge in [0.2, 0.25) is 0 Å². The Morgan fingerprint density at radius 2 is 1.61 bits per heavy atom. The molecule has 0 unspecified atom stereocenters. The molecule has 2 saturated heterocycles. The van der Waals surface area contributed by atoms with Crippen LogP contribution in [0.2, 0.25) is 10.0 Å². The highest BCUT2D eigenvalue weighted by molar-refractivity contribution is 14.1. The number of benzene rings is 1. The molecule has 57 heavy (non-hydrogen) atoms. The summed E-state index contributed by atoms with van der Waals surface area (Å²) in [5.41, 5.74) is -0.278. The zero-order valence-electron chi connectivity index (χ0n) is 34.0. The van der Waals surface area contributed by atoms with Gasteiger partial charge in [0.25, 0.3) is 0 Å². The average molecular weight is 1070 g/mol. The number of thioether (sulfide) groups is 1. The third-order valence-corrected chi connectivity index (χ3v) is 17.8. The number of cyclic esters (lactones) is 1. The topological polar surface area (TPSA) is 113 Å². The first-order chi connectivity index (χ1) is 26.9. The van der Waals surface area contributed by atoms with Gasteiger partial charge in [0.05, 0.1) is 34.8 Å². The Morgan fingerprint density at radius 3 is 2.25 bits per heavy atom. The van der Waals surface area contributed by atoms with Crippen molar-refractivity contribution < 1.29 is 38.1 Å². The second-order valence-electron chi connectivity index (χ2n) is 16.4. The molecular weight excluding hydrogens is 1020 g/mol. The standard InChI is InChI=1S/C42H56Cl2I2N2O8S/c1-23-18-41(5,53-8)19-24(2)36(49)25(3)34-37(39(51)56-42(34,6)40(46)55-38(50)26(4)35(23)45)57-16-15-48(22-29-30(43)20-47-21-31(29)44)27-13-14-32(52-7)33(17-27)54-28-11-9-10-12-28/h13-14,17,20-21,23-26,28,34-35,37,40H,9-12,15-16,18-19,22H2,1-8H3/t23-,24-,25-,26-,34+,35-,37+,40+,41+,42+/m1/s1. The highest BCUT2D eigenvalue weighted by Gasteiger charge is 2.61. The number of carbonyl (C=O) groups is 3. The first-order valence-electron chi connectivity index (χ1n) is 19.7. The van der Waals surface area contributed by atoms with Crippen LogP contribution in [0.15, 0.2) is 30.6 Å². The predicted molar refractivity (Wildman–Crippen MR) is 243 cm³/mol. The number of alkyl halides is 2. The average Bonchev–Trinajstić information content (AvgIpc) is 3.78. The highest BCUT2D eigenvalue weighted by Crippen LogP contribution is 2.50. The first-order valence-corrected chi connectivity index (χ1v) is 24.0. The van der Waals surface area contributed by atoms with Crippen molar-refractivity contribution in [3.63, 3.8) is 0 Å². The Labute approximate surface area is 379 Å². The van der Waals surface area contributed by atoms with E-state index < -0.39 is 44.3 Å². The van der Waals surface area contributed by atoms with Crippen molar-refractivity contribution in [2.24, 2.45) is 29.6 Å². The van der Waals surface area contributed by atoms with Gasteiger partial charge in [0.15, 0.2) is 21.2 Å². The number of halogens is 4. The summed E-state index contributed by atoms with van der Waals surface area (Å²) in [5.74, 6) is -0.839. The number of Topliss-reactive ketones (excluding diaryl/α,β-unsaturated/α-hetero) is 1. The molecule has 3 heterocycles. The summed E-state index contributed by atoms with van der Waals surface area (Å²) in [5, 5.41) is 0.176. The number of ether oxygens (including phenoxy) is 5. The number of methoxy groups -OCH3 is 2. The number of carbonyl (C=O) groups excluding carboxylic acids is 3. The molecule has 2 aliphatic heterocycles. The number of pyridine rings is 1. The van der Waals surface area contributed by atoms with Gasteiger partial charge in [0.1, 0.15) is 11.0 Å². The fourth-order valence-corrected chi connectivity index (χ4v) is 12.1. The number of fused-ring (bicyclic) bond motifs is 1. The Bertz CT molecular complexity index is 1740. The Morgan fingerprint density at radius 1 is 0.947 bits per heavy atom. The van der Waals surface area contributed by atoms with Gasteiger partial charge in [-0.2, -0.15) is 0 Å². The van der Waals surface area contributed by atoms with Gasteiger partial charge < -0.3 is 28.6 Å². The lowest BCUT2D eigenvalue weighted by molar-refractivity contribution is -0.169. The monoisotopic (exact) mass is 1070 g/mol. The molecule has 10 nitrogen and oxygen atoms in total. The summed E-state index contributed by atoms with van der Waals surface area (Å²) >= 11 is 19.1. The van der Waals surface area contributed by atoms with Crippen molar-refractivity contribution in [3.05, 3.63) is 46.2 Å². The van der Waals surface area contributed by atoms with Crippen molar-refractivity contribution in [3.8, 4) is 11.5 Å². The zero-order chi connectivity index (χ0) is 41.8. The van der Waals surface area contributed by atoms with Gasteiger partial charge in [0, 0.05) is 77.3 Å². The number of rotatable bonds is 11. The number of esters is 2. The second kappa shape index (κ2) is 20.1. The minimum atomic E-state index is -1.26. The number of aromatic nitrogens is 1. The van der Waals surface area contributed by atoms with Crippen LogP contribution < -0.4 is 14.4 Å². The summed E-state index contributed by atoms with van der Waals surface area (Å²) in [6, 6.07) is 5.85. The van der Waals surface area contributed by atoms with Crippen molar-refractivity contribution in [2.75, 3.05) is 31.4 Å². The molecule has 0 bridgehead atoms.